The van der Waals surface area contributed by atoms with Crippen LogP contribution < -0.4 is 15.4 Å². The molecule has 0 spiro atoms. The summed E-state index contributed by atoms with van der Waals surface area (Å²) >= 11 is 0. The maximum atomic E-state index is 13.1. The number of carbonyl (C=O) groups excluding carboxylic acids is 2. The lowest BCUT2D eigenvalue weighted by Crippen LogP contribution is -2.36. The Bertz CT molecular complexity index is 1340. The number of hydrazone groups is 1. The van der Waals surface area contributed by atoms with Crippen LogP contribution in [0, 0.1) is 0 Å². The Kier molecular flexibility index (Phi) is 5.65. The van der Waals surface area contributed by atoms with Gasteiger partial charge in [-0.05, 0) is 67.5 Å². The number of anilines is 2. The molecule has 0 saturated carbocycles. The molecule has 2 aliphatic heterocycles. The minimum absolute atomic E-state index is 0.0742. The van der Waals surface area contributed by atoms with Crippen LogP contribution in [0.5, 0.6) is 0 Å². The van der Waals surface area contributed by atoms with Gasteiger partial charge < -0.3 is 0 Å². The zero-order chi connectivity index (χ0) is 23.7. The Morgan fingerprint density at radius 1 is 0.794 bits per heavy atom. The number of hydrogen-bond donors (Lipinski definition) is 1. The predicted molar refractivity (Wildman–Crippen MR) is 136 cm³/mol. The van der Waals surface area contributed by atoms with E-state index in [-0.39, 0.29) is 17.9 Å². The van der Waals surface area contributed by atoms with E-state index in [2.05, 4.69) is 10.5 Å². The van der Waals surface area contributed by atoms with Gasteiger partial charge in [0.2, 0.25) is 0 Å². The number of hydrazine groups is 1. The predicted octanol–water partition coefficient (Wildman–Crippen LogP) is 4.82. The Morgan fingerprint density at radius 2 is 1.41 bits per heavy atom. The van der Waals surface area contributed by atoms with Gasteiger partial charge in [-0.1, -0.05) is 54.6 Å². The molecular formula is C28H24N4O2. The van der Waals surface area contributed by atoms with E-state index in [1.54, 1.807) is 5.01 Å². The summed E-state index contributed by atoms with van der Waals surface area (Å²) in [5, 5.41) is 7.45. The van der Waals surface area contributed by atoms with E-state index in [4.69, 9.17) is 0 Å². The molecule has 0 unspecified atom stereocenters. The number of rotatable bonds is 4. The fraction of sp³-hybridized carbons (Fsp3) is 0.107. The van der Waals surface area contributed by atoms with Crippen LogP contribution in [0.25, 0.3) is 12.2 Å². The summed E-state index contributed by atoms with van der Waals surface area (Å²) in [7, 11) is 0. The molecule has 2 heterocycles. The fourth-order valence-corrected chi connectivity index (χ4v) is 4.11. The van der Waals surface area contributed by atoms with Gasteiger partial charge in [-0.15, -0.1) is 0 Å². The summed E-state index contributed by atoms with van der Waals surface area (Å²) in [6.07, 6.45) is 3.75. The number of nitrogens with zero attached hydrogens (tertiary/aromatic N) is 3. The summed E-state index contributed by atoms with van der Waals surface area (Å²) in [5.41, 5.74) is 8.43. The molecule has 2 amide bonds. The molecule has 0 aliphatic carbocycles. The highest BCUT2D eigenvalue weighted by Crippen LogP contribution is 2.27. The first kappa shape index (κ1) is 21.6. The van der Waals surface area contributed by atoms with Crippen molar-refractivity contribution in [2.45, 2.75) is 19.9 Å². The van der Waals surface area contributed by atoms with Crippen LogP contribution in [0.1, 0.15) is 25.0 Å². The van der Waals surface area contributed by atoms with Crippen LogP contribution >= 0.6 is 0 Å². The van der Waals surface area contributed by atoms with Gasteiger partial charge in [0.1, 0.15) is 0 Å². The van der Waals surface area contributed by atoms with E-state index in [0.29, 0.717) is 16.9 Å². The molecule has 0 radical (unpaired) electrons. The van der Waals surface area contributed by atoms with Crippen LogP contribution in [0.3, 0.4) is 0 Å². The summed E-state index contributed by atoms with van der Waals surface area (Å²) < 4.78 is 0. The molecular weight excluding hydrogens is 424 g/mol. The van der Waals surface area contributed by atoms with E-state index < -0.39 is 0 Å². The molecule has 3 aromatic rings. The highest BCUT2D eigenvalue weighted by atomic mass is 16.2. The Labute approximate surface area is 198 Å². The standard InChI is InChI=1S/C28H24N4O2/c1-19-25(27(33)31(29-19)23-12-5-3-6-13-23)17-21-10-9-11-22(16-21)18-26-20(2)30-32(28(26)34)24-14-7-4-8-15-24/h3-19,29H,1-2H3/b25-17+,26-18-/t19-/m0/s1. The van der Waals surface area contributed by atoms with Crippen molar-refractivity contribution in [1.29, 1.82) is 0 Å². The first-order chi connectivity index (χ1) is 16.5. The van der Waals surface area contributed by atoms with Crippen molar-refractivity contribution in [3.63, 3.8) is 0 Å². The van der Waals surface area contributed by atoms with Gasteiger partial charge in [-0.3, -0.25) is 9.59 Å². The number of amides is 2. The van der Waals surface area contributed by atoms with Gasteiger partial charge >= 0.3 is 0 Å². The topological polar surface area (TPSA) is 65.0 Å². The Morgan fingerprint density at radius 3 is 2.09 bits per heavy atom. The number of hydrogen-bond acceptors (Lipinski definition) is 4. The van der Waals surface area contributed by atoms with Crippen molar-refractivity contribution >= 4 is 41.1 Å². The molecule has 2 aliphatic rings. The number of para-hydroxylation sites is 2. The van der Waals surface area contributed by atoms with Crippen LogP contribution in [-0.4, -0.2) is 23.6 Å². The molecule has 1 saturated heterocycles. The average molecular weight is 449 g/mol. The van der Waals surface area contributed by atoms with Gasteiger partial charge in [0.25, 0.3) is 11.8 Å². The van der Waals surface area contributed by atoms with Gasteiger partial charge in [0.15, 0.2) is 0 Å². The van der Waals surface area contributed by atoms with Crippen LogP contribution in [0.2, 0.25) is 0 Å². The third kappa shape index (κ3) is 4.07. The summed E-state index contributed by atoms with van der Waals surface area (Å²) in [4.78, 5) is 26.1. The smallest absolute Gasteiger partial charge is 0.268 e. The molecule has 1 N–H and O–H groups in total. The van der Waals surface area contributed by atoms with Crippen molar-refractivity contribution in [2.75, 3.05) is 10.0 Å². The van der Waals surface area contributed by atoms with E-state index in [9.17, 15) is 9.59 Å². The van der Waals surface area contributed by atoms with Gasteiger partial charge in [0.05, 0.1) is 28.7 Å². The molecule has 0 bridgehead atoms. The summed E-state index contributed by atoms with van der Waals surface area (Å²) in [6.45, 7) is 3.80. The van der Waals surface area contributed by atoms with Gasteiger partial charge in [-0.2, -0.15) is 10.1 Å². The molecule has 3 aromatic carbocycles. The lowest BCUT2D eigenvalue weighted by atomic mass is 10.0. The molecule has 0 aromatic heterocycles. The van der Waals surface area contributed by atoms with Crippen molar-refractivity contribution < 1.29 is 9.59 Å². The minimum Gasteiger partial charge on any atom is -0.268 e. The average Bonchev–Trinajstić information content (AvgIpc) is 3.30. The molecule has 1 atom stereocenters. The lowest BCUT2D eigenvalue weighted by Gasteiger charge is -2.15. The second-order valence-corrected chi connectivity index (χ2v) is 8.29. The quantitative estimate of drug-likeness (QED) is 0.582. The third-order valence-electron chi connectivity index (χ3n) is 5.86. The largest absolute Gasteiger partial charge is 0.280 e. The summed E-state index contributed by atoms with van der Waals surface area (Å²) in [5.74, 6) is -0.232. The number of nitrogens with one attached hydrogen (secondary N) is 1. The number of carbonyl (C=O) groups is 2. The summed E-state index contributed by atoms with van der Waals surface area (Å²) in [6, 6.07) is 26.6. The first-order valence-corrected chi connectivity index (χ1v) is 11.2. The zero-order valence-electron chi connectivity index (χ0n) is 19.0. The SMILES string of the molecule is CC1=NN(c2ccccc2)C(=O)/C1=C\c1cccc(/C=C2/C(=O)N(c3ccccc3)N[C@H]2C)c1. The van der Waals surface area contributed by atoms with Crippen LogP contribution in [0.4, 0.5) is 11.4 Å². The minimum atomic E-state index is -0.158. The van der Waals surface area contributed by atoms with Gasteiger partial charge in [0, 0.05) is 5.57 Å². The molecule has 34 heavy (non-hydrogen) atoms. The number of benzene rings is 3. The van der Waals surface area contributed by atoms with Crippen molar-refractivity contribution in [3.8, 4) is 0 Å². The fourth-order valence-electron chi connectivity index (χ4n) is 4.11. The van der Waals surface area contributed by atoms with E-state index in [1.165, 1.54) is 5.01 Å². The van der Waals surface area contributed by atoms with Gasteiger partial charge in [-0.25, -0.2) is 10.4 Å². The molecule has 6 nitrogen and oxygen atoms in total. The first-order valence-electron chi connectivity index (χ1n) is 11.2. The van der Waals surface area contributed by atoms with Crippen molar-refractivity contribution in [1.82, 2.24) is 5.43 Å². The normalized spacial score (nSPS) is 20.5. The second kappa shape index (κ2) is 8.92. The Hall–Kier alpha value is -4.29. The lowest BCUT2D eigenvalue weighted by molar-refractivity contribution is -0.115. The van der Waals surface area contributed by atoms with E-state index >= 15 is 0 Å². The maximum Gasteiger partial charge on any atom is 0.280 e. The highest BCUT2D eigenvalue weighted by Gasteiger charge is 2.33. The third-order valence-corrected chi connectivity index (χ3v) is 5.86. The van der Waals surface area contributed by atoms with Crippen molar-refractivity contribution in [2.24, 2.45) is 5.10 Å². The highest BCUT2D eigenvalue weighted by molar-refractivity contribution is 6.32. The van der Waals surface area contributed by atoms with E-state index in [0.717, 1.165) is 22.5 Å². The van der Waals surface area contributed by atoms with Crippen LogP contribution in [0.15, 0.2) is 101 Å². The second-order valence-electron chi connectivity index (χ2n) is 8.29. The van der Waals surface area contributed by atoms with Crippen molar-refractivity contribution in [3.05, 3.63) is 107 Å². The maximum absolute atomic E-state index is 13.1. The molecule has 6 heteroatoms. The Balaban J connectivity index is 1.41. The molecule has 168 valence electrons. The molecule has 5 rings (SSSR count). The van der Waals surface area contributed by atoms with E-state index in [1.807, 2.05) is 111 Å². The molecule has 1 fully saturated rings. The van der Waals surface area contributed by atoms with Crippen LogP contribution in [-0.2, 0) is 9.59 Å². The monoisotopic (exact) mass is 448 g/mol. The zero-order valence-corrected chi connectivity index (χ0v) is 19.0.